The third kappa shape index (κ3) is 3.08. The summed E-state index contributed by atoms with van der Waals surface area (Å²) in [7, 11) is -2.86. The maximum absolute atomic E-state index is 12.6. The highest BCUT2D eigenvalue weighted by molar-refractivity contribution is 7.89. The van der Waals surface area contributed by atoms with Gasteiger partial charge in [0.05, 0.1) is 23.5 Å². The average molecular weight is 348 g/mol. The summed E-state index contributed by atoms with van der Waals surface area (Å²) in [4.78, 5) is 22.5. The molecule has 0 saturated carbocycles. The molecule has 2 rings (SSSR count). The van der Waals surface area contributed by atoms with Gasteiger partial charge in [0, 0.05) is 18.1 Å². The highest BCUT2D eigenvalue weighted by Crippen LogP contribution is 2.28. The topological polar surface area (TPSA) is 101 Å². The molecule has 120 valence electrons. The quantitative estimate of drug-likeness (QED) is 0.822. The van der Waals surface area contributed by atoms with Crippen LogP contribution in [0.3, 0.4) is 0 Å². The normalized spacial score (nSPS) is 19.1. The fourth-order valence-electron chi connectivity index (χ4n) is 2.28. The van der Waals surface area contributed by atoms with Crippen LogP contribution in [0.5, 0.6) is 0 Å². The Balaban J connectivity index is 2.42. The molecule has 7 nitrogen and oxygen atoms in total. The minimum absolute atomic E-state index is 0.0859. The minimum atomic E-state index is -4.00. The van der Waals surface area contributed by atoms with E-state index in [-0.39, 0.29) is 35.0 Å². The number of carbonyl (C=O) groups excluding carboxylic acids is 1. The number of nitrogens with zero attached hydrogens (tertiary/aromatic N) is 1. The molecular weight excluding hydrogens is 334 g/mol. The van der Waals surface area contributed by atoms with Gasteiger partial charge in [-0.25, -0.2) is 13.2 Å². The minimum Gasteiger partial charge on any atom is -0.481 e. The van der Waals surface area contributed by atoms with E-state index >= 15 is 0 Å². The molecule has 0 bridgehead atoms. The number of ether oxygens (including phenoxy) is 1. The third-order valence-electron chi connectivity index (χ3n) is 3.46. The number of sulfonamides is 1. The number of carbonyl (C=O) groups is 2. The van der Waals surface area contributed by atoms with Crippen molar-refractivity contribution in [2.45, 2.75) is 11.3 Å². The van der Waals surface area contributed by atoms with Gasteiger partial charge < -0.3 is 9.84 Å². The van der Waals surface area contributed by atoms with Gasteiger partial charge in [0.25, 0.3) is 0 Å². The summed E-state index contributed by atoms with van der Waals surface area (Å²) in [5.41, 5.74) is -0.172. The monoisotopic (exact) mass is 347 g/mol. The number of halogens is 1. The standard InChI is InChI=1S/C13H14ClNO6S/c1-21-13(18)10-6-9(14)2-3-11(10)22(19,20)15-5-4-8(7-15)12(16)17/h2-3,6,8H,4-5,7H2,1H3,(H,16,17). The summed E-state index contributed by atoms with van der Waals surface area (Å²) in [5.74, 6) is -2.61. The van der Waals surface area contributed by atoms with Gasteiger partial charge in [0.1, 0.15) is 0 Å². The summed E-state index contributed by atoms with van der Waals surface area (Å²) in [5, 5.41) is 9.17. The average Bonchev–Trinajstić information content (AvgIpc) is 2.96. The van der Waals surface area contributed by atoms with Crippen LogP contribution in [0.15, 0.2) is 23.1 Å². The van der Waals surface area contributed by atoms with Crippen LogP contribution in [0.1, 0.15) is 16.8 Å². The van der Waals surface area contributed by atoms with E-state index in [2.05, 4.69) is 4.74 Å². The highest BCUT2D eigenvalue weighted by Gasteiger charge is 2.37. The van der Waals surface area contributed by atoms with Crippen LogP contribution in [0.4, 0.5) is 0 Å². The summed E-state index contributed by atoms with van der Waals surface area (Å²) >= 11 is 5.80. The SMILES string of the molecule is COC(=O)c1cc(Cl)ccc1S(=O)(=O)N1CCC(C(=O)O)C1. The number of rotatable bonds is 4. The van der Waals surface area contributed by atoms with Crippen molar-refractivity contribution in [2.75, 3.05) is 20.2 Å². The number of hydrogen-bond donors (Lipinski definition) is 1. The van der Waals surface area contributed by atoms with Gasteiger partial charge in [-0.3, -0.25) is 4.79 Å². The van der Waals surface area contributed by atoms with E-state index in [4.69, 9.17) is 16.7 Å². The van der Waals surface area contributed by atoms with Crippen molar-refractivity contribution in [3.05, 3.63) is 28.8 Å². The Labute approximate surface area is 132 Å². The zero-order chi connectivity index (χ0) is 16.5. The first-order chi connectivity index (χ1) is 10.3. The zero-order valence-electron chi connectivity index (χ0n) is 11.7. The van der Waals surface area contributed by atoms with Gasteiger partial charge in [-0.05, 0) is 24.6 Å². The molecule has 1 N–H and O–H groups in total. The lowest BCUT2D eigenvalue weighted by Crippen LogP contribution is -2.31. The lowest BCUT2D eigenvalue weighted by Gasteiger charge is -2.18. The second-order valence-corrected chi connectivity index (χ2v) is 7.16. The van der Waals surface area contributed by atoms with Gasteiger partial charge >= 0.3 is 11.9 Å². The molecule has 0 aromatic heterocycles. The van der Waals surface area contributed by atoms with E-state index in [0.29, 0.717) is 0 Å². The van der Waals surface area contributed by atoms with Gasteiger partial charge in [0.15, 0.2) is 0 Å². The van der Waals surface area contributed by atoms with Gasteiger partial charge in [0.2, 0.25) is 10.0 Å². The molecule has 1 fully saturated rings. The maximum atomic E-state index is 12.6. The van der Waals surface area contributed by atoms with Crippen molar-refractivity contribution in [2.24, 2.45) is 5.92 Å². The van der Waals surface area contributed by atoms with Crippen molar-refractivity contribution in [3.8, 4) is 0 Å². The predicted octanol–water partition coefficient (Wildman–Crippen LogP) is 1.22. The molecule has 0 spiro atoms. The van der Waals surface area contributed by atoms with Crippen LogP contribution in [0.2, 0.25) is 5.02 Å². The lowest BCUT2D eigenvalue weighted by atomic mass is 10.1. The molecule has 1 atom stereocenters. The molecule has 1 saturated heterocycles. The first-order valence-corrected chi connectivity index (χ1v) is 8.20. The van der Waals surface area contributed by atoms with Gasteiger partial charge in [-0.2, -0.15) is 4.31 Å². The lowest BCUT2D eigenvalue weighted by molar-refractivity contribution is -0.141. The van der Waals surface area contributed by atoms with Crippen LogP contribution >= 0.6 is 11.6 Å². The summed E-state index contributed by atoms with van der Waals surface area (Å²) in [6.07, 6.45) is 0.232. The van der Waals surface area contributed by atoms with Crippen LogP contribution in [-0.2, 0) is 19.6 Å². The third-order valence-corrected chi connectivity index (χ3v) is 5.62. The molecule has 1 heterocycles. The zero-order valence-corrected chi connectivity index (χ0v) is 13.2. The molecule has 1 aliphatic rings. The second kappa shape index (κ2) is 6.23. The van der Waals surface area contributed by atoms with E-state index in [1.165, 1.54) is 18.2 Å². The Morgan fingerprint density at radius 2 is 2.09 bits per heavy atom. The fourth-order valence-corrected chi connectivity index (χ4v) is 4.12. The molecule has 0 radical (unpaired) electrons. The smallest absolute Gasteiger partial charge is 0.339 e. The maximum Gasteiger partial charge on any atom is 0.339 e. The molecule has 1 aromatic carbocycles. The number of carboxylic acids is 1. The highest BCUT2D eigenvalue weighted by atomic mass is 35.5. The molecule has 1 unspecified atom stereocenters. The van der Waals surface area contributed by atoms with E-state index in [0.717, 1.165) is 11.4 Å². The fraction of sp³-hybridized carbons (Fsp3) is 0.385. The predicted molar refractivity (Wildman–Crippen MR) is 77.3 cm³/mol. The summed E-state index contributed by atoms with van der Waals surface area (Å²) in [6, 6.07) is 3.79. The van der Waals surface area contributed by atoms with E-state index in [1.54, 1.807) is 0 Å². The van der Waals surface area contributed by atoms with Gasteiger partial charge in [-0.1, -0.05) is 11.6 Å². The molecule has 9 heteroatoms. The Bertz CT molecular complexity index is 717. The first-order valence-electron chi connectivity index (χ1n) is 6.38. The van der Waals surface area contributed by atoms with Crippen molar-refractivity contribution < 1.29 is 27.9 Å². The van der Waals surface area contributed by atoms with E-state index < -0.39 is 27.9 Å². The van der Waals surface area contributed by atoms with Crippen molar-refractivity contribution in [3.63, 3.8) is 0 Å². The largest absolute Gasteiger partial charge is 0.481 e. The Hall–Kier alpha value is -1.64. The Morgan fingerprint density at radius 3 is 2.64 bits per heavy atom. The molecule has 22 heavy (non-hydrogen) atoms. The summed E-state index contributed by atoms with van der Waals surface area (Å²) < 4.78 is 30.9. The number of carboxylic acid groups (broad SMARTS) is 1. The summed E-state index contributed by atoms with van der Waals surface area (Å²) in [6.45, 7) is -0.0382. The molecule has 0 aliphatic carbocycles. The second-order valence-electron chi connectivity index (χ2n) is 4.82. The first kappa shape index (κ1) is 16.7. The van der Waals surface area contributed by atoms with Gasteiger partial charge in [-0.15, -0.1) is 0 Å². The molecule has 0 amide bonds. The Morgan fingerprint density at radius 1 is 1.41 bits per heavy atom. The van der Waals surface area contributed by atoms with Crippen LogP contribution < -0.4 is 0 Å². The number of aliphatic carboxylic acids is 1. The number of benzene rings is 1. The number of hydrogen-bond acceptors (Lipinski definition) is 5. The number of esters is 1. The molecular formula is C13H14ClNO6S. The van der Waals surface area contributed by atoms with E-state index in [9.17, 15) is 18.0 Å². The van der Waals surface area contributed by atoms with Crippen molar-refractivity contribution >= 4 is 33.6 Å². The molecule has 1 aromatic rings. The van der Waals surface area contributed by atoms with Crippen LogP contribution in [0, 0.1) is 5.92 Å². The van der Waals surface area contributed by atoms with Crippen molar-refractivity contribution in [1.29, 1.82) is 0 Å². The number of methoxy groups -OCH3 is 1. The van der Waals surface area contributed by atoms with E-state index in [1.807, 2.05) is 0 Å². The van der Waals surface area contributed by atoms with Crippen LogP contribution in [0.25, 0.3) is 0 Å². The Kier molecular flexibility index (Phi) is 4.74. The molecule has 1 aliphatic heterocycles. The van der Waals surface area contributed by atoms with Crippen molar-refractivity contribution in [1.82, 2.24) is 4.31 Å². The van der Waals surface area contributed by atoms with Crippen LogP contribution in [-0.4, -0.2) is 50.0 Å².